The molecule has 0 aliphatic rings. The van der Waals surface area contributed by atoms with Crippen LogP contribution in [0.2, 0.25) is 15.1 Å². The van der Waals surface area contributed by atoms with E-state index < -0.39 is 6.04 Å². The standard InChI is InChI=1S/C23H19Cl3N4O/c1-14(23(31)28-13-16-7-4-5-9-27-16)30-21-12-19(26)18(25)11-20(21)29-22(30)10-15-6-2-3-8-17(15)24/h2-9,11-12,14H,10,13H2,1H3,(H,28,31)/t14-/m0/s1. The molecule has 1 N–H and O–H groups in total. The summed E-state index contributed by atoms with van der Waals surface area (Å²) in [7, 11) is 0. The molecule has 4 aromatic rings. The Bertz CT molecular complexity index is 1240. The van der Waals surface area contributed by atoms with Gasteiger partial charge in [-0.2, -0.15) is 0 Å². The van der Waals surface area contributed by atoms with Crippen LogP contribution in [0.25, 0.3) is 11.0 Å². The highest BCUT2D eigenvalue weighted by atomic mass is 35.5. The Morgan fingerprint density at radius 2 is 1.77 bits per heavy atom. The third-order valence-corrected chi connectivity index (χ3v) is 6.14. The van der Waals surface area contributed by atoms with Crippen molar-refractivity contribution in [2.75, 3.05) is 0 Å². The molecule has 0 aliphatic carbocycles. The van der Waals surface area contributed by atoms with Crippen molar-refractivity contribution in [1.82, 2.24) is 19.9 Å². The molecule has 158 valence electrons. The maximum absolute atomic E-state index is 13.0. The number of aromatic nitrogens is 3. The van der Waals surface area contributed by atoms with E-state index in [9.17, 15) is 4.79 Å². The van der Waals surface area contributed by atoms with Crippen LogP contribution in [0.5, 0.6) is 0 Å². The Kier molecular flexibility index (Phi) is 6.46. The Morgan fingerprint density at radius 1 is 1.03 bits per heavy atom. The quantitative estimate of drug-likeness (QED) is 0.381. The zero-order chi connectivity index (χ0) is 22.0. The van der Waals surface area contributed by atoms with Gasteiger partial charge >= 0.3 is 0 Å². The van der Waals surface area contributed by atoms with Crippen LogP contribution in [0, 0.1) is 0 Å². The highest BCUT2D eigenvalue weighted by molar-refractivity contribution is 6.42. The summed E-state index contributed by atoms with van der Waals surface area (Å²) in [6.45, 7) is 2.16. The van der Waals surface area contributed by atoms with Crippen LogP contribution in [0.4, 0.5) is 0 Å². The van der Waals surface area contributed by atoms with Crippen molar-refractivity contribution in [2.45, 2.75) is 25.9 Å². The Balaban J connectivity index is 1.70. The van der Waals surface area contributed by atoms with Gasteiger partial charge in [0, 0.05) is 17.6 Å². The highest BCUT2D eigenvalue weighted by Crippen LogP contribution is 2.31. The number of hydrogen-bond acceptors (Lipinski definition) is 3. The first-order valence-electron chi connectivity index (χ1n) is 9.71. The van der Waals surface area contributed by atoms with Gasteiger partial charge in [-0.3, -0.25) is 9.78 Å². The van der Waals surface area contributed by atoms with Crippen LogP contribution >= 0.6 is 34.8 Å². The monoisotopic (exact) mass is 472 g/mol. The van der Waals surface area contributed by atoms with Gasteiger partial charge < -0.3 is 9.88 Å². The third-order valence-electron chi connectivity index (χ3n) is 5.05. The lowest BCUT2D eigenvalue weighted by molar-refractivity contribution is -0.124. The van der Waals surface area contributed by atoms with E-state index in [1.165, 1.54) is 0 Å². The second-order valence-corrected chi connectivity index (χ2v) is 8.36. The molecule has 0 aliphatic heterocycles. The molecule has 0 radical (unpaired) electrons. The van der Waals surface area contributed by atoms with Crippen LogP contribution in [0.1, 0.15) is 30.0 Å². The number of benzene rings is 2. The van der Waals surface area contributed by atoms with E-state index in [4.69, 9.17) is 39.8 Å². The zero-order valence-corrected chi connectivity index (χ0v) is 18.9. The van der Waals surface area contributed by atoms with Crippen LogP contribution in [-0.4, -0.2) is 20.4 Å². The van der Waals surface area contributed by atoms with Crippen molar-refractivity contribution in [3.8, 4) is 0 Å². The molecule has 0 spiro atoms. The second kappa shape index (κ2) is 9.27. The lowest BCUT2D eigenvalue weighted by Crippen LogP contribution is -2.31. The average Bonchev–Trinajstić information content (AvgIpc) is 3.10. The molecule has 0 saturated heterocycles. The fourth-order valence-corrected chi connectivity index (χ4v) is 3.97. The predicted octanol–water partition coefficient (Wildman–Crippen LogP) is 5.86. The van der Waals surface area contributed by atoms with E-state index in [0.717, 1.165) is 16.8 Å². The number of amides is 1. The van der Waals surface area contributed by atoms with Gasteiger partial charge in [-0.1, -0.05) is 59.1 Å². The summed E-state index contributed by atoms with van der Waals surface area (Å²) >= 11 is 18.9. The first-order chi connectivity index (χ1) is 14.9. The minimum atomic E-state index is -0.538. The molecule has 1 atom stereocenters. The predicted molar refractivity (Wildman–Crippen MR) is 125 cm³/mol. The number of hydrogen-bond donors (Lipinski definition) is 1. The van der Waals surface area contributed by atoms with Gasteiger partial charge in [0.15, 0.2) is 0 Å². The van der Waals surface area contributed by atoms with Crippen molar-refractivity contribution in [3.63, 3.8) is 0 Å². The van der Waals surface area contributed by atoms with E-state index in [0.29, 0.717) is 39.4 Å². The van der Waals surface area contributed by atoms with Crippen molar-refractivity contribution in [1.29, 1.82) is 0 Å². The van der Waals surface area contributed by atoms with Gasteiger partial charge in [0.2, 0.25) is 5.91 Å². The molecule has 31 heavy (non-hydrogen) atoms. The summed E-state index contributed by atoms with van der Waals surface area (Å²) in [5, 5.41) is 4.40. The van der Waals surface area contributed by atoms with Crippen molar-refractivity contribution < 1.29 is 4.79 Å². The largest absolute Gasteiger partial charge is 0.349 e. The summed E-state index contributed by atoms with van der Waals surface area (Å²) in [6.07, 6.45) is 2.16. The fraction of sp³-hybridized carbons (Fsp3) is 0.174. The first kappa shape index (κ1) is 21.6. The number of carbonyl (C=O) groups excluding carboxylic acids is 1. The summed E-state index contributed by atoms with van der Waals surface area (Å²) in [4.78, 5) is 22.0. The van der Waals surface area contributed by atoms with Crippen LogP contribution in [0.3, 0.4) is 0 Å². The average molecular weight is 474 g/mol. The summed E-state index contributed by atoms with van der Waals surface area (Å²) in [5.41, 5.74) is 3.10. The molecule has 0 bridgehead atoms. The van der Waals surface area contributed by atoms with E-state index >= 15 is 0 Å². The van der Waals surface area contributed by atoms with Crippen LogP contribution in [0.15, 0.2) is 60.8 Å². The number of imidazole rings is 1. The summed E-state index contributed by atoms with van der Waals surface area (Å²) < 4.78 is 1.88. The SMILES string of the molecule is C[C@@H](C(=O)NCc1ccccn1)n1c(Cc2ccccc2Cl)nc2cc(Cl)c(Cl)cc21. The number of nitrogens with zero attached hydrogens (tertiary/aromatic N) is 3. The summed E-state index contributed by atoms with van der Waals surface area (Å²) in [6, 6.07) is 16.1. The smallest absolute Gasteiger partial charge is 0.243 e. The Hall–Kier alpha value is -2.60. The summed E-state index contributed by atoms with van der Waals surface area (Å²) in [5.74, 6) is 0.540. The Labute approximate surface area is 195 Å². The van der Waals surface area contributed by atoms with Gasteiger partial charge in [-0.15, -0.1) is 0 Å². The maximum Gasteiger partial charge on any atom is 0.243 e. The molecular weight excluding hydrogens is 455 g/mol. The maximum atomic E-state index is 13.0. The minimum absolute atomic E-state index is 0.156. The molecule has 8 heteroatoms. The van der Waals surface area contributed by atoms with Gasteiger partial charge in [-0.25, -0.2) is 4.98 Å². The number of halogens is 3. The van der Waals surface area contributed by atoms with Gasteiger partial charge in [0.1, 0.15) is 11.9 Å². The molecule has 2 aromatic heterocycles. The fourth-order valence-electron chi connectivity index (χ4n) is 3.45. The van der Waals surface area contributed by atoms with Crippen LogP contribution in [-0.2, 0) is 17.8 Å². The number of carbonyl (C=O) groups is 1. The topological polar surface area (TPSA) is 59.8 Å². The molecule has 4 rings (SSSR count). The van der Waals surface area contributed by atoms with Gasteiger partial charge in [0.05, 0.1) is 33.3 Å². The van der Waals surface area contributed by atoms with E-state index in [1.807, 2.05) is 54.0 Å². The number of nitrogens with one attached hydrogen (secondary N) is 1. The molecule has 2 aromatic carbocycles. The molecule has 2 heterocycles. The third kappa shape index (κ3) is 4.69. The number of fused-ring (bicyclic) bond motifs is 1. The van der Waals surface area contributed by atoms with Crippen molar-refractivity contribution >= 4 is 51.7 Å². The van der Waals surface area contributed by atoms with Gasteiger partial charge in [-0.05, 0) is 42.8 Å². The number of pyridine rings is 1. The molecule has 0 saturated carbocycles. The van der Waals surface area contributed by atoms with Crippen molar-refractivity contribution in [3.05, 3.63) is 92.9 Å². The van der Waals surface area contributed by atoms with Crippen molar-refractivity contribution in [2.24, 2.45) is 0 Å². The first-order valence-corrected chi connectivity index (χ1v) is 10.8. The minimum Gasteiger partial charge on any atom is -0.349 e. The zero-order valence-electron chi connectivity index (χ0n) is 16.6. The van der Waals surface area contributed by atoms with E-state index in [1.54, 1.807) is 18.3 Å². The lowest BCUT2D eigenvalue weighted by atomic mass is 10.1. The molecule has 0 unspecified atom stereocenters. The molecule has 5 nitrogen and oxygen atoms in total. The second-order valence-electron chi connectivity index (χ2n) is 7.14. The molecule has 0 fully saturated rings. The Morgan fingerprint density at radius 3 is 2.52 bits per heavy atom. The van der Waals surface area contributed by atoms with Gasteiger partial charge in [0.25, 0.3) is 0 Å². The molecule has 1 amide bonds. The van der Waals surface area contributed by atoms with Crippen LogP contribution < -0.4 is 5.32 Å². The van der Waals surface area contributed by atoms with E-state index in [2.05, 4.69) is 10.3 Å². The molecular formula is C23H19Cl3N4O. The van der Waals surface area contributed by atoms with E-state index in [-0.39, 0.29) is 5.91 Å². The highest BCUT2D eigenvalue weighted by Gasteiger charge is 2.23. The normalized spacial score (nSPS) is 12.1. The lowest BCUT2D eigenvalue weighted by Gasteiger charge is -2.18. The number of rotatable bonds is 6.